The van der Waals surface area contributed by atoms with Crippen molar-refractivity contribution in [2.75, 3.05) is 11.4 Å². The molecule has 0 radical (unpaired) electrons. The zero-order valence-corrected chi connectivity index (χ0v) is 16.3. The highest BCUT2D eigenvalue weighted by atomic mass is 32.1. The van der Waals surface area contributed by atoms with E-state index in [1.807, 2.05) is 30.3 Å². The van der Waals surface area contributed by atoms with E-state index in [-0.39, 0.29) is 11.6 Å². The number of thiophene rings is 1. The summed E-state index contributed by atoms with van der Waals surface area (Å²) in [6, 6.07) is 13.7. The van der Waals surface area contributed by atoms with Crippen molar-refractivity contribution in [2.24, 2.45) is 7.05 Å². The standard InChI is InChI=1S/C20H20F3N3OS/c1-3-4-12-26(14-8-6-5-7-9-14)19(27)17-11-10-16(28-17)15-13-18(20(21,22)23)25(2)24-15/h5-11,13H,3-4,12H2,1-2H3. The van der Waals surface area contributed by atoms with Gasteiger partial charge in [0.05, 0.1) is 9.75 Å². The molecule has 0 N–H and O–H groups in total. The van der Waals surface area contributed by atoms with Crippen LogP contribution in [0, 0.1) is 0 Å². The molecule has 28 heavy (non-hydrogen) atoms. The van der Waals surface area contributed by atoms with Crippen LogP contribution in [0.5, 0.6) is 0 Å². The Kier molecular flexibility index (Phi) is 5.88. The van der Waals surface area contributed by atoms with Crippen LogP contribution in [-0.2, 0) is 13.2 Å². The summed E-state index contributed by atoms with van der Waals surface area (Å²) in [5, 5.41) is 3.95. The second-order valence-corrected chi connectivity index (χ2v) is 7.43. The number of hydrogen-bond donors (Lipinski definition) is 0. The zero-order chi connectivity index (χ0) is 20.3. The van der Waals surface area contributed by atoms with Gasteiger partial charge >= 0.3 is 6.18 Å². The number of hydrogen-bond acceptors (Lipinski definition) is 3. The summed E-state index contributed by atoms with van der Waals surface area (Å²) in [6.45, 7) is 2.63. The van der Waals surface area contributed by atoms with E-state index in [2.05, 4.69) is 12.0 Å². The number of alkyl halides is 3. The first-order valence-electron chi connectivity index (χ1n) is 8.89. The fraction of sp³-hybridized carbons (Fsp3) is 0.300. The van der Waals surface area contributed by atoms with E-state index in [9.17, 15) is 18.0 Å². The summed E-state index contributed by atoms with van der Waals surface area (Å²) >= 11 is 1.15. The number of aryl methyl sites for hydroxylation is 1. The lowest BCUT2D eigenvalue weighted by Crippen LogP contribution is -2.31. The van der Waals surface area contributed by atoms with Gasteiger partial charge in [-0.15, -0.1) is 11.3 Å². The van der Waals surface area contributed by atoms with Gasteiger partial charge in [-0.05, 0) is 36.8 Å². The Balaban J connectivity index is 1.88. The van der Waals surface area contributed by atoms with Crippen LogP contribution in [0.25, 0.3) is 10.6 Å². The van der Waals surface area contributed by atoms with Crippen LogP contribution in [0.2, 0.25) is 0 Å². The number of para-hydroxylation sites is 1. The minimum Gasteiger partial charge on any atom is -0.308 e. The first kappa shape index (κ1) is 20.1. The highest BCUT2D eigenvalue weighted by Gasteiger charge is 2.35. The highest BCUT2D eigenvalue weighted by Crippen LogP contribution is 2.34. The number of nitrogens with zero attached hydrogens (tertiary/aromatic N) is 3. The monoisotopic (exact) mass is 407 g/mol. The van der Waals surface area contributed by atoms with Gasteiger partial charge in [0, 0.05) is 19.3 Å². The molecule has 0 aliphatic rings. The van der Waals surface area contributed by atoms with Crippen LogP contribution in [-0.4, -0.2) is 22.2 Å². The van der Waals surface area contributed by atoms with E-state index in [4.69, 9.17) is 0 Å². The Morgan fingerprint density at radius 2 is 1.89 bits per heavy atom. The van der Waals surface area contributed by atoms with Gasteiger partial charge in [0.1, 0.15) is 11.4 Å². The molecule has 148 valence electrons. The molecule has 0 saturated carbocycles. The molecule has 2 heterocycles. The van der Waals surface area contributed by atoms with Gasteiger partial charge < -0.3 is 4.90 Å². The molecule has 0 atom stereocenters. The van der Waals surface area contributed by atoms with Crippen molar-refractivity contribution in [3.8, 4) is 10.6 Å². The van der Waals surface area contributed by atoms with Crippen LogP contribution in [0.1, 0.15) is 35.1 Å². The maximum atomic E-state index is 13.1. The molecule has 1 amide bonds. The molecular formula is C20H20F3N3OS. The van der Waals surface area contributed by atoms with Gasteiger partial charge in [0.2, 0.25) is 0 Å². The van der Waals surface area contributed by atoms with Crippen molar-refractivity contribution < 1.29 is 18.0 Å². The molecule has 4 nitrogen and oxygen atoms in total. The second-order valence-electron chi connectivity index (χ2n) is 6.35. The Morgan fingerprint density at radius 3 is 2.50 bits per heavy atom. The van der Waals surface area contributed by atoms with Crippen molar-refractivity contribution in [1.82, 2.24) is 9.78 Å². The number of aromatic nitrogens is 2. The van der Waals surface area contributed by atoms with E-state index in [1.165, 1.54) is 7.05 Å². The van der Waals surface area contributed by atoms with Crippen molar-refractivity contribution in [2.45, 2.75) is 25.9 Å². The molecule has 0 fully saturated rings. The maximum Gasteiger partial charge on any atom is 0.433 e. The number of halogens is 3. The second kappa shape index (κ2) is 8.18. The largest absolute Gasteiger partial charge is 0.433 e. The van der Waals surface area contributed by atoms with Crippen molar-refractivity contribution in [3.63, 3.8) is 0 Å². The molecule has 0 saturated heterocycles. The topological polar surface area (TPSA) is 38.1 Å². The average Bonchev–Trinajstić information content (AvgIpc) is 3.29. The molecule has 0 aliphatic carbocycles. The molecule has 1 aromatic carbocycles. The van der Waals surface area contributed by atoms with E-state index in [0.29, 0.717) is 16.3 Å². The first-order chi connectivity index (χ1) is 13.3. The van der Waals surface area contributed by atoms with Crippen LogP contribution < -0.4 is 4.90 Å². The third-order valence-electron chi connectivity index (χ3n) is 4.29. The lowest BCUT2D eigenvalue weighted by molar-refractivity contribution is -0.143. The predicted molar refractivity (Wildman–Crippen MR) is 105 cm³/mol. The van der Waals surface area contributed by atoms with Crippen LogP contribution in [0.3, 0.4) is 0 Å². The molecule has 2 aromatic heterocycles. The third-order valence-corrected chi connectivity index (χ3v) is 5.38. The molecule has 0 unspecified atom stereocenters. The summed E-state index contributed by atoms with van der Waals surface area (Å²) in [5.41, 5.74) is 0.185. The molecule has 0 spiro atoms. The number of anilines is 1. The van der Waals surface area contributed by atoms with E-state index < -0.39 is 11.9 Å². The van der Waals surface area contributed by atoms with Crippen molar-refractivity contribution in [3.05, 3.63) is 59.1 Å². The quantitative estimate of drug-likeness (QED) is 0.532. The van der Waals surface area contributed by atoms with Crippen LogP contribution >= 0.6 is 11.3 Å². The Bertz CT molecular complexity index is 947. The Morgan fingerprint density at radius 1 is 1.18 bits per heavy atom. The lowest BCUT2D eigenvalue weighted by Gasteiger charge is -2.22. The number of carbonyl (C=O) groups is 1. The smallest absolute Gasteiger partial charge is 0.308 e. The molecule has 3 rings (SSSR count). The summed E-state index contributed by atoms with van der Waals surface area (Å²) in [7, 11) is 1.26. The normalized spacial score (nSPS) is 11.6. The Labute approximate surface area is 165 Å². The van der Waals surface area contributed by atoms with Crippen molar-refractivity contribution in [1.29, 1.82) is 0 Å². The average molecular weight is 407 g/mol. The fourth-order valence-electron chi connectivity index (χ4n) is 2.85. The number of benzene rings is 1. The van der Waals surface area contributed by atoms with Gasteiger partial charge in [-0.1, -0.05) is 31.5 Å². The van der Waals surface area contributed by atoms with Crippen molar-refractivity contribution >= 4 is 22.9 Å². The Hall–Kier alpha value is -2.61. The summed E-state index contributed by atoms with van der Waals surface area (Å²) in [5.74, 6) is -0.164. The molecule has 3 aromatic rings. The number of unbranched alkanes of at least 4 members (excludes halogenated alkanes) is 1. The van der Waals surface area contributed by atoms with Gasteiger partial charge in [-0.3, -0.25) is 9.48 Å². The number of carbonyl (C=O) groups excluding carboxylic acids is 1. The van der Waals surface area contributed by atoms with E-state index in [0.717, 1.165) is 40.6 Å². The minimum atomic E-state index is -4.47. The molecule has 0 bridgehead atoms. The summed E-state index contributed by atoms with van der Waals surface area (Å²) in [6.07, 6.45) is -2.67. The fourth-order valence-corrected chi connectivity index (χ4v) is 3.76. The predicted octanol–water partition coefficient (Wildman–Crippen LogP) is 5.61. The van der Waals surface area contributed by atoms with Gasteiger partial charge in [0.15, 0.2) is 0 Å². The van der Waals surface area contributed by atoms with E-state index >= 15 is 0 Å². The summed E-state index contributed by atoms with van der Waals surface area (Å²) in [4.78, 5) is 15.8. The SMILES string of the molecule is CCCCN(C(=O)c1ccc(-c2cc(C(F)(F)F)n(C)n2)s1)c1ccccc1. The molecule has 8 heteroatoms. The zero-order valence-electron chi connectivity index (χ0n) is 15.5. The minimum absolute atomic E-state index is 0.164. The maximum absolute atomic E-state index is 13.1. The number of amides is 1. The summed E-state index contributed by atoms with van der Waals surface area (Å²) < 4.78 is 39.8. The lowest BCUT2D eigenvalue weighted by atomic mass is 10.2. The van der Waals surface area contributed by atoms with E-state index in [1.54, 1.807) is 17.0 Å². The van der Waals surface area contributed by atoms with Gasteiger partial charge in [0.25, 0.3) is 5.91 Å². The third kappa shape index (κ3) is 4.27. The van der Waals surface area contributed by atoms with Crippen LogP contribution in [0.4, 0.5) is 18.9 Å². The highest BCUT2D eigenvalue weighted by molar-refractivity contribution is 7.17. The molecular weight excluding hydrogens is 387 g/mol. The van der Waals surface area contributed by atoms with Crippen LogP contribution in [0.15, 0.2) is 48.5 Å². The molecule has 0 aliphatic heterocycles. The van der Waals surface area contributed by atoms with Gasteiger partial charge in [-0.25, -0.2) is 0 Å². The number of rotatable bonds is 6. The first-order valence-corrected chi connectivity index (χ1v) is 9.71. The van der Waals surface area contributed by atoms with Gasteiger partial charge in [-0.2, -0.15) is 18.3 Å².